The highest BCUT2D eigenvalue weighted by atomic mass is 16.4. The molecule has 0 aromatic heterocycles. The lowest BCUT2D eigenvalue weighted by Gasteiger charge is -2.34. The average molecular weight is 286 g/mol. The molecule has 3 atom stereocenters. The smallest absolute Gasteiger partial charge is 0.326 e. The summed E-state index contributed by atoms with van der Waals surface area (Å²) in [5.41, 5.74) is 0. The third kappa shape index (κ3) is 3.85. The number of aliphatic hydroxyl groups excluding tert-OH is 1. The number of unbranched alkanes of at least 4 members (excludes halogenated alkanes) is 1. The summed E-state index contributed by atoms with van der Waals surface area (Å²) in [5, 5.41) is 18.8. The Kier molecular flexibility index (Phi) is 6.26. The summed E-state index contributed by atoms with van der Waals surface area (Å²) in [6.45, 7) is 6.76. The Morgan fingerprint density at radius 3 is 2.55 bits per heavy atom. The largest absolute Gasteiger partial charge is 0.480 e. The van der Waals surface area contributed by atoms with Crippen molar-refractivity contribution < 1.29 is 19.8 Å². The predicted octanol–water partition coefficient (Wildman–Crippen LogP) is 1.53. The molecule has 0 spiro atoms. The van der Waals surface area contributed by atoms with Crippen molar-refractivity contribution in [1.82, 2.24) is 9.80 Å². The van der Waals surface area contributed by atoms with E-state index in [9.17, 15) is 19.8 Å². The van der Waals surface area contributed by atoms with Crippen LogP contribution >= 0.6 is 0 Å². The van der Waals surface area contributed by atoms with Crippen LogP contribution < -0.4 is 0 Å². The van der Waals surface area contributed by atoms with E-state index in [0.29, 0.717) is 6.54 Å². The zero-order chi connectivity index (χ0) is 15.3. The van der Waals surface area contributed by atoms with E-state index in [-0.39, 0.29) is 25.0 Å². The number of carbonyl (C=O) groups is 2. The molecular formula is C14H26N2O4. The Morgan fingerprint density at radius 2 is 2.05 bits per heavy atom. The van der Waals surface area contributed by atoms with Gasteiger partial charge in [-0.3, -0.25) is 0 Å². The van der Waals surface area contributed by atoms with E-state index in [2.05, 4.69) is 6.92 Å². The van der Waals surface area contributed by atoms with Crippen LogP contribution in [-0.4, -0.2) is 63.3 Å². The molecule has 6 nitrogen and oxygen atoms in total. The fraction of sp³-hybridized carbons (Fsp3) is 0.857. The lowest BCUT2D eigenvalue weighted by molar-refractivity contribution is -0.141. The van der Waals surface area contributed by atoms with E-state index in [1.54, 1.807) is 4.90 Å². The molecule has 2 amide bonds. The number of likely N-dealkylation sites (tertiary alicyclic amines) is 1. The molecule has 0 saturated carbocycles. The quantitative estimate of drug-likeness (QED) is 0.776. The molecule has 1 unspecified atom stereocenters. The molecule has 0 aliphatic carbocycles. The highest BCUT2D eigenvalue weighted by Gasteiger charge is 2.41. The van der Waals surface area contributed by atoms with Gasteiger partial charge < -0.3 is 20.0 Å². The first-order valence-electron chi connectivity index (χ1n) is 7.40. The first kappa shape index (κ1) is 16.8. The summed E-state index contributed by atoms with van der Waals surface area (Å²) in [5.74, 6) is -1.05. The normalized spacial score (nSPS) is 23.7. The minimum atomic E-state index is -1.05. The van der Waals surface area contributed by atoms with Gasteiger partial charge in [-0.2, -0.15) is 0 Å². The highest BCUT2D eigenvalue weighted by molar-refractivity contribution is 5.83. The van der Waals surface area contributed by atoms with Crippen LogP contribution in [0.5, 0.6) is 0 Å². The number of hydrogen-bond acceptors (Lipinski definition) is 3. The third-order valence-corrected chi connectivity index (χ3v) is 3.93. The van der Waals surface area contributed by atoms with E-state index in [4.69, 9.17) is 0 Å². The fourth-order valence-electron chi connectivity index (χ4n) is 2.48. The van der Waals surface area contributed by atoms with Gasteiger partial charge in [-0.15, -0.1) is 0 Å². The van der Waals surface area contributed by atoms with Crippen molar-refractivity contribution in [1.29, 1.82) is 0 Å². The van der Waals surface area contributed by atoms with E-state index in [1.165, 1.54) is 4.90 Å². The zero-order valence-corrected chi connectivity index (χ0v) is 12.6. The van der Waals surface area contributed by atoms with Gasteiger partial charge in [0.1, 0.15) is 6.04 Å². The lowest BCUT2D eigenvalue weighted by atomic mass is 10.2. The molecule has 0 bridgehead atoms. The van der Waals surface area contributed by atoms with Crippen LogP contribution in [0.2, 0.25) is 0 Å². The lowest BCUT2D eigenvalue weighted by Crippen LogP contribution is -2.51. The van der Waals surface area contributed by atoms with Crippen molar-refractivity contribution in [3.63, 3.8) is 0 Å². The van der Waals surface area contributed by atoms with Crippen molar-refractivity contribution in [3.8, 4) is 0 Å². The van der Waals surface area contributed by atoms with Gasteiger partial charge in [0.25, 0.3) is 0 Å². The van der Waals surface area contributed by atoms with Gasteiger partial charge in [0, 0.05) is 25.6 Å². The van der Waals surface area contributed by atoms with E-state index < -0.39 is 18.1 Å². The highest BCUT2D eigenvalue weighted by Crippen LogP contribution is 2.21. The SMILES string of the molecule is CCCCN(C(=O)N1C[C@H](O)C[C@@H]1C(=O)O)C(C)CC. The minimum Gasteiger partial charge on any atom is -0.480 e. The van der Waals surface area contributed by atoms with Crippen LogP contribution in [0.1, 0.15) is 46.5 Å². The molecule has 20 heavy (non-hydrogen) atoms. The molecular weight excluding hydrogens is 260 g/mol. The predicted molar refractivity (Wildman–Crippen MR) is 75.5 cm³/mol. The number of carboxylic acids is 1. The molecule has 0 aromatic rings. The number of β-amino-alcohol motifs (C(OH)–C–C–N with tert-alkyl or cyclic N) is 1. The van der Waals surface area contributed by atoms with Crippen molar-refractivity contribution in [2.24, 2.45) is 0 Å². The summed E-state index contributed by atoms with van der Waals surface area (Å²) in [7, 11) is 0. The summed E-state index contributed by atoms with van der Waals surface area (Å²) in [4.78, 5) is 26.8. The number of aliphatic carboxylic acids is 1. The molecule has 1 aliphatic rings. The van der Waals surface area contributed by atoms with Gasteiger partial charge in [-0.05, 0) is 19.8 Å². The molecule has 1 saturated heterocycles. The number of amides is 2. The molecule has 6 heteroatoms. The van der Waals surface area contributed by atoms with Crippen LogP contribution in [0.15, 0.2) is 0 Å². The van der Waals surface area contributed by atoms with Crippen molar-refractivity contribution in [2.45, 2.75) is 64.6 Å². The number of rotatable bonds is 6. The van der Waals surface area contributed by atoms with Crippen LogP contribution in [-0.2, 0) is 4.79 Å². The number of carbonyl (C=O) groups excluding carboxylic acids is 1. The van der Waals surface area contributed by atoms with Gasteiger partial charge >= 0.3 is 12.0 Å². The van der Waals surface area contributed by atoms with E-state index in [0.717, 1.165) is 19.3 Å². The van der Waals surface area contributed by atoms with Crippen molar-refractivity contribution >= 4 is 12.0 Å². The Bertz CT molecular complexity index is 348. The topological polar surface area (TPSA) is 81.1 Å². The number of urea groups is 1. The molecule has 1 rings (SSSR count). The monoisotopic (exact) mass is 286 g/mol. The van der Waals surface area contributed by atoms with E-state index in [1.807, 2.05) is 13.8 Å². The maximum Gasteiger partial charge on any atom is 0.326 e. The maximum atomic E-state index is 12.6. The zero-order valence-electron chi connectivity index (χ0n) is 12.6. The first-order chi connectivity index (χ1) is 9.42. The second kappa shape index (κ2) is 7.47. The van der Waals surface area contributed by atoms with Gasteiger partial charge in [0.2, 0.25) is 0 Å². The van der Waals surface area contributed by atoms with Crippen LogP contribution in [0, 0.1) is 0 Å². The molecule has 1 fully saturated rings. The summed E-state index contributed by atoms with van der Waals surface area (Å²) < 4.78 is 0. The molecule has 116 valence electrons. The molecule has 1 heterocycles. The first-order valence-corrected chi connectivity index (χ1v) is 7.40. The Morgan fingerprint density at radius 1 is 1.40 bits per heavy atom. The molecule has 1 aliphatic heterocycles. The Balaban J connectivity index is 2.84. The molecule has 0 aromatic carbocycles. The fourth-order valence-corrected chi connectivity index (χ4v) is 2.48. The number of hydrogen-bond donors (Lipinski definition) is 2. The average Bonchev–Trinajstić information content (AvgIpc) is 2.80. The van der Waals surface area contributed by atoms with Gasteiger partial charge in [0.05, 0.1) is 6.10 Å². The third-order valence-electron chi connectivity index (χ3n) is 3.93. The summed E-state index contributed by atoms with van der Waals surface area (Å²) in [6.07, 6.45) is 2.06. The minimum absolute atomic E-state index is 0.0706. The second-order valence-corrected chi connectivity index (χ2v) is 5.48. The Hall–Kier alpha value is -1.30. The van der Waals surface area contributed by atoms with Crippen LogP contribution in [0.4, 0.5) is 4.79 Å². The van der Waals surface area contributed by atoms with Gasteiger partial charge in [0.15, 0.2) is 0 Å². The van der Waals surface area contributed by atoms with Gasteiger partial charge in [-0.25, -0.2) is 9.59 Å². The summed E-state index contributed by atoms with van der Waals surface area (Å²) in [6, 6.07) is -1.11. The van der Waals surface area contributed by atoms with Gasteiger partial charge in [-0.1, -0.05) is 20.3 Å². The van der Waals surface area contributed by atoms with Crippen molar-refractivity contribution in [2.75, 3.05) is 13.1 Å². The summed E-state index contributed by atoms with van der Waals surface area (Å²) >= 11 is 0. The second-order valence-electron chi connectivity index (χ2n) is 5.48. The Labute approximate surface area is 120 Å². The van der Waals surface area contributed by atoms with Crippen LogP contribution in [0.25, 0.3) is 0 Å². The van der Waals surface area contributed by atoms with Crippen LogP contribution in [0.3, 0.4) is 0 Å². The van der Waals surface area contributed by atoms with E-state index >= 15 is 0 Å². The standard InChI is InChI=1S/C14H26N2O4/c1-4-6-7-15(10(3)5-2)14(20)16-9-11(17)8-12(16)13(18)19/h10-12,17H,4-9H2,1-3H3,(H,18,19)/t10?,11-,12-/m1/s1. The maximum absolute atomic E-state index is 12.6. The number of aliphatic hydroxyl groups is 1. The number of carboxylic acid groups (broad SMARTS) is 1. The van der Waals surface area contributed by atoms with Crippen molar-refractivity contribution in [3.05, 3.63) is 0 Å². The molecule has 0 radical (unpaired) electrons. The number of nitrogens with zero attached hydrogens (tertiary/aromatic N) is 2. The molecule has 2 N–H and O–H groups in total.